The van der Waals surface area contributed by atoms with Crippen molar-refractivity contribution in [2.75, 3.05) is 11.9 Å². The average Bonchev–Trinajstić information content (AvgIpc) is 2.21. The molecule has 0 aliphatic carbocycles. The van der Waals surface area contributed by atoms with Crippen molar-refractivity contribution in [2.24, 2.45) is 0 Å². The van der Waals surface area contributed by atoms with Crippen LogP contribution in [0, 0.1) is 0 Å². The van der Waals surface area contributed by atoms with E-state index in [-0.39, 0.29) is 12.5 Å². The Kier molecular flexibility index (Phi) is 3.88. The van der Waals surface area contributed by atoms with Crippen LogP contribution in [0.5, 0.6) is 0 Å². The third-order valence-electron chi connectivity index (χ3n) is 1.81. The van der Waals surface area contributed by atoms with Crippen LogP contribution in [0.3, 0.4) is 0 Å². The molecule has 0 bridgehead atoms. The van der Waals surface area contributed by atoms with Gasteiger partial charge < -0.3 is 10.4 Å². The van der Waals surface area contributed by atoms with E-state index < -0.39 is 0 Å². The van der Waals surface area contributed by atoms with Gasteiger partial charge in [-0.15, -0.1) is 0 Å². The van der Waals surface area contributed by atoms with Gasteiger partial charge in [0.15, 0.2) is 0 Å². The van der Waals surface area contributed by atoms with Gasteiger partial charge in [-0.3, -0.25) is 4.79 Å². The lowest BCUT2D eigenvalue weighted by atomic mass is 10.1. The molecule has 2 N–H and O–H groups in total. The van der Waals surface area contributed by atoms with Crippen LogP contribution in [0.25, 0.3) is 0 Å². The summed E-state index contributed by atoms with van der Waals surface area (Å²) in [7, 11) is 0. The van der Waals surface area contributed by atoms with Crippen LogP contribution in [0.2, 0.25) is 0 Å². The van der Waals surface area contributed by atoms with Crippen molar-refractivity contribution in [3.63, 3.8) is 0 Å². The molecule has 0 aliphatic rings. The Balaban J connectivity index is 2.63. The third-order valence-corrected chi connectivity index (χ3v) is 1.81. The highest BCUT2D eigenvalue weighted by molar-refractivity contribution is 5.98. The van der Waals surface area contributed by atoms with E-state index >= 15 is 0 Å². The minimum Gasteiger partial charge on any atom is -0.396 e. The Bertz CT molecular complexity index is 317. The SMILES string of the molecule is C=CC(=O)Nc1ccc(CCO)cc1. The number of nitrogens with one attached hydrogen (secondary N) is 1. The molecule has 0 saturated carbocycles. The van der Waals surface area contributed by atoms with Gasteiger partial charge in [0, 0.05) is 12.3 Å². The molecule has 0 heterocycles. The highest BCUT2D eigenvalue weighted by Gasteiger charge is 1.96. The van der Waals surface area contributed by atoms with E-state index in [1.54, 1.807) is 12.1 Å². The fourth-order valence-corrected chi connectivity index (χ4v) is 1.08. The number of benzene rings is 1. The monoisotopic (exact) mass is 191 g/mol. The first-order valence-corrected chi connectivity index (χ1v) is 4.39. The maximum Gasteiger partial charge on any atom is 0.247 e. The maximum absolute atomic E-state index is 10.9. The molecular formula is C11H13NO2. The van der Waals surface area contributed by atoms with Gasteiger partial charge in [-0.05, 0) is 30.2 Å². The Morgan fingerprint density at radius 2 is 2.07 bits per heavy atom. The lowest BCUT2D eigenvalue weighted by Crippen LogP contribution is -2.07. The summed E-state index contributed by atoms with van der Waals surface area (Å²) >= 11 is 0. The minimum absolute atomic E-state index is 0.137. The van der Waals surface area contributed by atoms with Crippen molar-refractivity contribution in [3.8, 4) is 0 Å². The van der Waals surface area contributed by atoms with E-state index in [4.69, 9.17) is 5.11 Å². The molecule has 1 rings (SSSR count). The average molecular weight is 191 g/mol. The number of hydrogen-bond donors (Lipinski definition) is 2. The topological polar surface area (TPSA) is 49.3 Å². The smallest absolute Gasteiger partial charge is 0.247 e. The second-order valence-corrected chi connectivity index (χ2v) is 2.86. The summed E-state index contributed by atoms with van der Waals surface area (Å²) in [5.41, 5.74) is 1.78. The molecule has 0 atom stereocenters. The van der Waals surface area contributed by atoms with Crippen LogP contribution in [-0.2, 0) is 11.2 Å². The second-order valence-electron chi connectivity index (χ2n) is 2.86. The summed E-state index contributed by atoms with van der Waals surface area (Å²) in [4.78, 5) is 10.9. The quantitative estimate of drug-likeness (QED) is 0.706. The molecule has 1 aromatic rings. The Labute approximate surface area is 83.1 Å². The summed E-state index contributed by atoms with van der Waals surface area (Å²) in [6.45, 7) is 3.50. The predicted molar refractivity (Wildman–Crippen MR) is 56.1 cm³/mol. The standard InChI is InChI=1S/C11H13NO2/c1-2-11(14)12-10-5-3-9(4-6-10)7-8-13/h2-6,13H,1,7-8H2,(H,12,14). The van der Waals surface area contributed by atoms with Gasteiger partial charge in [-0.25, -0.2) is 0 Å². The number of aliphatic hydroxyl groups is 1. The van der Waals surface area contributed by atoms with Gasteiger partial charge in [0.25, 0.3) is 0 Å². The first kappa shape index (κ1) is 10.5. The van der Waals surface area contributed by atoms with Gasteiger partial charge in [0.2, 0.25) is 5.91 Å². The first-order chi connectivity index (χ1) is 6.76. The van der Waals surface area contributed by atoms with Gasteiger partial charge in [-0.2, -0.15) is 0 Å². The van der Waals surface area contributed by atoms with Crippen LogP contribution in [0.4, 0.5) is 5.69 Å². The minimum atomic E-state index is -0.222. The highest BCUT2D eigenvalue weighted by atomic mass is 16.2. The van der Waals surface area contributed by atoms with E-state index in [0.717, 1.165) is 11.3 Å². The molecule has 0 aliphatic heterocycles. The number of carbonyl (C=O) groups is 1. The van der Waals surface area contributed by atoms with Gasteiger partial charge >= 0.3 is 0 Å². The molecular weight excluding hydrogens is 178 g/mol. The van der Waals surface area contributed by atoms with Crippen molar-refractivity contribution in [1.29, 1.82) is 0 Å². The molecule has 0 fully saturated rings. The third kappa shape index (κ3) is 3.03. The van der Waals surface area contributed by atoms with Crippen molar-refractivity contribution < 1.29 is 9.90 Å². The lowest BCUT2D eigenvalue weighted by molar-refractivity contribution is -0.111. The second kappa shape index (κ2) is 5.19. The molecule has 0 unspecified atom stereocenters. The normalized spacial score (nSPS) is 9.50. The molecule has 0 radical (unpaired) electrons. The van der Waals surface area contributed by atoms with E-state index in [9.17, 15) is 4.79 Å². The predicted octanol–water partition coefficient (Wildman–Crippen LogP) is 1.35. The maximum atomic E-state index is 10.9. The van der Waals surface area contributed by atoms with Crippen molar-refractivity contribution in [2.45, 2.75) is 6.42 Å². The molecule has 0 spiro atoms. The summed E-state index contributed by atoms with van der Waals surface area (Å²) in [5, 5.41) is 11.3. The number of amides is 1. The Morgan fingerprint density at radius 1 is 1.43 bits per heavy atom. The van der Waals surface area contributed by atoms with E-state index in [1.807, 2.05) is 12.1 Å². The molecule has 3 heteroatoms. The zero-order valence-electron chi connectivity index (χ0n) is 7.86. The van der Waals surface area contributed by atoms with Crippen LogP contribution in [0.1, 0.15) is 5.56 Å². The zero-order valence-corrected chi connectivity index (χ0v) is 7.86. The molecule has 1 amide bonds. The van der Waals surface area contributed by atoms with Crippen LogP contribution in [0.15, 0.2) is 36.9 Å². The highest BCUT2D eigenvalue weighted by Crippen LogP contribution is 2.09. The van der Waals surface area contributed by atoms with Gasteiger partial charge in [0.05, 0.1) is 0 Å². The van der Waals surface area contributed by atoms with Gasteiger partial charge in [0.1, 0.15) is 0 Å². The summed E-state index contributed by atoms with van der Waals surface area (Å²) in [6.07, 6.45) is 1.86. The molecule has 1 aromatic carbocycles. The molecule has 14 heavy (non-hydrogen) atoms. The molecule has 0 aromatic heterocycles. The number of aliphatic hydroxyl groups excluding tert-OH is 1. The number of anilines is 1. The summed E-state index contributed by atoms with van der Waals surface area (Å²) < 4.78 is 0. The first-order valence-electron chi connectivity index (χ1n) is 4.39. The molecule has 0 saturated heterocycles. The number of hydrogen-bond acceptors (Lipinski definition) is 2. The van der Waals surface area contributed by atoms with Crippen LogP contribution >= 0.6 is 0 Å². The van der Waals surface area contributed by atoms with Crippen LogP contribution < -0.4 is 5.32 Å². The fraction of sp³-hybridized carbons (Fsp3) is 0.182. The zero-order chi connectivity index (χ0) is 10.4. The van der Waals surface area contributed by atoms with Crippen molar-refractivity contribution in [1.82, 2.24) is 0 Å². The molecule has 3 nitrogen and oxygen atoms in total. The summed E-state index contributed by atoms with van der Waals surface area (Å²) in [5.74, 6) is -0.222. The fourth-order valence-electron chi connectivity index (χ4n) is 1.08. The van der Waals surface area contributed by atoms with Crippen molar-refractivity contribution in [3.05, 3.63) is 42.5 Å². The van der Waals surface area contributed by atoms with Crippen LogP contribution in [-0.4, -0.2) is 17.6 Å². The van der Waals surface area contributed by atoms with E-state index in [1.165, 1.54) is 6.08 Å². The number of rotatable bonds is 4. The van der Waals surface area contributed by atoms with E-state index in [2.05, 4.69) is 11.9 Å². The van der Waals surface area contributed by atoms with E-state index in [0.29, 0.717) is 6.42 Å². The summed E-state index contributed by atoms with van der Waals surface area (Å²) in [6, 6.07) is 7.34. The Hall–Kier alpha value is -1.61. The van der Waals surface area contributed by atoms with Gasteiger partial charge in [-0.1, -0.05) is 18.7 Å². The van der Waals surface area contributed by atoms with Crippen molar-refractivity contribution >= 4 is 11.6 Å². The molecule has 74 valence electrons. The number of carbonyl (C=O) groups excluding carboxylic acids is 1. The Morgan fingerprint density at radius 3 is 2.57 bits per heavy atom. The lowest BCUT2D eigenvalue weighted by Gasteiger charge is -2.03. The largest absolute Gasteiger partial charge is 0.396 e.